The molecule has 1 heterocycles. The topological polar surface area (TPSA) is 37.5 Å². The van der Waals surface area contributed by atoms with E-state index in [1.807, 2.05) is 67.1 Å². The summed E-state index contributed by atoms with van der Waals surface area (Å²) in [6, 6.07) is 15.7. The number of aromatic nitrogens is 1. The predicted molar refractivity (Wildman–Crippen MR) is 83.0 cm³/mol. The number of fused-ring (bicyclic) bond motifs is 1. The van der Waals surface area contributed by atoms with Gasteiger partial charge in [-0.3, -0.25) is 4.99 Å². The summed E-state index contributed by atoms with van der Waals surface area (Å²) in [5, 5.41) is 11.2. The van der Waals surface area contributed by atoms with Crippen molar-refractivity contribution in [3.63, 3.8) is 0 Å². The second-order valence-electron chi connectivity index (χ2n) is 4.85. The van der Waals surface area contributed by atoms with Crippen LogP contribution in [0.3, 0.4) is 0 Å². The highest BCUT2D eigenvalue weighted by Gasteiger charge is 2.11. The zero-order valence-electron chi connectivity index (χ0n) is 11.5. The molecule has 0 radical (unpaired) electrons. The summed E-state index contributed by atoms with van der Waals surface area (Å²) in [6.45, 7) is 2.02. The summed E-state index contributed by atoms with van der Waals surface area (Å²) in [5.41, 5.74) is 3.74. The van der Waals surface area contributed by atoms with E-state index in [4.69, 9.17) is 0 Å². The van der Waals surface area contributed by atoms with Crippen molar-refractivity contribution in [1.82, 2.24) is 4.57 Å². The van der Waals surface area contributed by atoms with Gasteiger partial charge in [0.25, 0.3) is 0 Å². The number of nitrogens with zero attached hydrogens (tertiary/aromatic N) is 2. The number of aromatic hydroxyl groups is 1. The SMILES string of the molecule is Cc1ccccc1N=Cc1c(O)c2ccccc2n1C. The molecule has 1 aromatic heterocycles. The van der Waals surface area contributed by atoms with E-state index in [1.54, 1.807) is 6.21 Å². The van der Waals surface area contributed by atoms with E-state index >= 15 is 0 Å². The third-order valence-corrected chi connectivity index (χ3v) is 3.57. The standard InChI is InChI=1S/C17H16N2O/c1-12-7-3-5-9-14(12)18-11-16-17(20)13-8-4-6-10-15(13)19(16)2/h3-11,20H,1-2H3. The van der Waals surface area contributed by atoms with Gasteiger partial charge in [-0.25, -0.2) is 0 Å². The number of hydrogen-bond acceptors (Lipinski definition) is 2. The Morgan fingerprint density at radius 2 is 1.75 bits per heavy atom. The Labute approximate surface area is 117 Å². The summed E-state index contributed by atoms with van der Waals surface area (Å²) >= 11 is 0. The van der Waals surface area contributed by atoms with Crippen molar-refractivity contribution >= 4 is 22.8 Å². The van der Waals surface area contributed by atoms with Gasteiger partial charge in [0.05, 0.1) is 17.4 Å². The third kappa shape index (κ3) is 1.97. The van der Waals surface area contributed by atoms with Crippen molar-refractivity contribution < 1.29 is 5.11 Å². The molecule has 0 amide bonds. The molecule has 100 valence electrons. The van der Waals surface area contributed by atoms with Gasteiger partial charge in [-0.1, -0.05) is 30.3 Å². The van der Waals surface area contributed by atoms with Crippen LogP contribution >= 0.6 is 0 Å². The van der Waals surface area contributed by atoms with Crippen molar-refractivity contribution in [2.24, 2.45) is 12.0 Å². The minimum atomic E-state index is 0.278. The van der Waals surface area contributed by atoms with E-state index in [1.165, 1.54) is 0 Å². The second kappa shape index (κ2) is 4.85. The first kappa shape index (κ1) is 12.5. The lowest BCUT2D eigenvalue weighted by atomic mass is 10.2. The van der Waals surface area contributed by atoms with E-state index in [2.05, 4.69) is 4.99 Å². The Bertz CT molecular complexity index is 761. The van der Waals surface area contributed by atoms with Crippen molar-refractivity contribution in [3.8, 4) is 5.75 Å². The molecular formula is C17H16N2O. The van der Waals surface area contributed by atoms with Crippen LogP contribution in [0.1, 0.15) is 11.3 Å². The molecule has 20 heavy (non-hydrogen) atoms. The van der Waals surface area contributed by atoms with Crippen LogP contribution in [0.2, 0.25) is 0 Å². The molecule has 0 saturated heterocycles. The summed E-state index contributed by atoms with van der Waals surface area (Å²) in [7, 11) is 1.93. The zero-order valence-corrected chi connectivity index (χ0v) is 11.5. The number of aryl methyl sites for hydroxylation is 2. The van der Waals surface area contributed by atoms with Gasteiger partial charge in [-0.2, -0.15) is 0 Å². The van der Waals surface area contributed by atoms with Crippen molar-refractivity contribution in [1.29, 1.82) is 0 Å². The number of hydrogen-bond donors (Lipinski definition) is 1. The van der Waals surface area contributed by atoms with E-state index in [9.17, 15) is 5.11 Å². The van der Waals surface area contributed by atoms with Gasteiger partial charge >= 0.3 is 0 Å². The quantitative estimate of drug-likeness (QED) is 0.699. The van der Waals surface area contributed by atoms with E-state index in [0.717, 1.165) is 27.8 Å². The normalized spacial score (nSPS) is 11.5. The van der Waals surface area contributed by atoms with Crippen molar-refractivity contribution in [2.45, 2.75) is 6.92 Å². The molecule has 3 aromatic rings. The van der Waals surface area contributed by atoms with Crippen LogP contribution in [-0.2, 0) is 7.05 Å². The van der Waals surface area contributed by atoms with Crippen LogP contribution in [-0.4, -0.2) is 15.9 Å². The van der Waals surface area contributed by atoms with Crippen LogP contribution in [0.25, 0.3) is 10.9 Å². The Morgan fingerprint density at radius 3 is 2.50 bits per heavy atom. The molecule has 0 spiro atoms. The predicted octanol–water partition coefficient (Wildman–Crippen LogP) is 3.94. The van der Waals surface area contributed by atoms with Gasteiger partial charge in [-0.15, -0.1) is 0 Å². The maximum absolute atomic E-state index is 10.3. The summed E-state index contributed by atoms with van der Waals surface area (Å²) in [4.78, 5) is 4.49. The first-order valence-electron chi connectivity index (χ1n) is 6.54. The van der Waals surface area contributed by atoms with Crippen LogP contribution in [0.5, 0.6) is 5.75 Å². The Hall–Kier alpha value is -2.55. The first-order chi connectivity index (χ1) is 9.68. The molecular weight excluding hydrogens is 248 g/mol. The third-order valence-electron chi connectivity index (χ3n) is 3.57. The monoisotopic (exact) mass is 264 g/mol. The number of rotatable bonds is 2. The molecule has 0 atom stereocenters. The van der Waals surface area contributed by atoms with Gasteiger partial charge in [0, 0.05) is 12.4 Å². The maximum atomic E-state index is 10.3. The van der Waals surface area contributed by atoms with Gasteiger partial charge in [-0.05, 0) is 30.7 Å². The molecule has 0 fully saturated rings. The Morgan fingerprint density at radius 1 is 1.05 bits per heavy atom. The van der Waals surface area contributed by atoms with Crippen LogP contribution in [0.4, 0.5) is 5.69 Å². The summed E-state index contributed by atoms with van der Waals surface area (Å²) in [5.74, 6) is 0.278. The lowest BCUT2D eigenvalue weighted by Crippen LogP contribution is -1.94. The van der Waals surface area contributed by atoms with Crippen LogP contribution < -0.4 is 0 Å². The highest BCUT2D eigenvalue weighted by Crippen LogP contribution is 2.30. The number of aliphatic imine (C=N–C) groups is 1. The molecule has 3 rings (SSSR count). The van der Waals surface area contributed by atoms with Gasteiger partial charge in [0.15, 0.2) is 0 Å². The van der Waals surface area contributed by atoms with Gasteiger partial charge < -0.3 is 9.67 Å². The molecule has 2 aromatic carbocycles. The highest BCUT2D eigenvalue weighted by molar-refractivity contribution is 5.97. The fourth-order valence-electron chi connectivity index (χ4n) is 2.38. The van der Waals surface area contributed by atoms with E-state index in [0.29, 0.717) is 0 Å². The maximum Gasteiger partial charge on any atom is 0.150 e. The average Bonchev–Trinajstić information content (AvgIpc) is 2.71. The van der Waals surface area contributed by atoms with Gasteiger partial charge in [0.1, 0.15) is 11.4 Å². The summed E-state index contributed by atoms with van der Waals surface area (Å²) < 4.78 is 1.95. The number of para-hydroxylation sites is 2. The highest BCUT2D eigenvalue weighted by atomic mass is 16.3. The molecule has 3 heteroatoms. The fraction of sp³-hybridized carbons (Fsp3) is 0.118. The molecule has 0 bridgehead atoms. The van der Waals surface area contributed by atoms with Crippen molar-refractivity contribution in [3.05, 3.63) is 59.8 Å². The van der Waals surface area contributed by atoms with Crippen molar-refractivity contribution in [2.75, 3.05) is 0 Å². The van der Waals surface area contributed by atoms with Crippen LogP contribution in [0.15, 0.2) is 53.5 Å². The minimum Gasteiger partial charge on any atom is -0.505 e. The average molecular weight is 264 g/mol. The molecule has 0 aliphatic carbocycles. The second-order valence-corrected chi connectivity index (χ2v) is 4.85. The first-order valence-corrected chi connectivity index (χ1v) is 6.54. The molecule has 0 saturated carbocycles. The molecule has 3 nitrogen and oxygen atoms in total. The summed E-state index contributed by atoms with van der Waals surface area (Å²) in [6.07, 6.45) is 1.72. The van der Waals surface area contributed by atoms with Crippen LogP contribution in [0, 0.1) is 6.92 Å². The van der Waals surface area contributed by atoms with Gasteiger partial charge in [0.2, 0.25) is 0 Å². The van der Waals surface area contributed by atoms with E-state index < -0.39 is 0 Å². The number of benzene rings is 2. The molecule has 0 unspecified atom stereocenters. The Kier molecular flexibility index (Phi) is 3.03. The van der Waals surface area contributed by atoms with E-state index in [-0.39, 0.29) is 5.75 Å². The Balaban J connectivity index is 2.10. The lowest BCUT2D eigenvalue weighted by molar-refractivity contribution is 0.478. The zero-order chi connectivity index (χ0) is 14.1. The fourth-order valence-corrected chi connectivity index (χ4v) is 2.38. The molecule has 0 aliphatic rings. The molecule has 0 aliphatic heterocycles. The lowest BCUT2D eigenvalue weighted by Gasteiger charge is -2.00. The molecule has 1 N–H and O–H groups in total. The smallest absolute Gasteiger partial charge is 0.150 e. The minimum absolute atomic E-state index is 0.278. The largest absolute Gasteiger partial charge is 0.505 e.